The van der Waals surface area contributed by atoms with Gasteiger partial charge in [-0.05, 0) is 36.4 Å². The van der Waals surface area contributed by atoms with Crippen molar-refractivity contribution in [3.63, 3.8) is 0 Å². The molecule has 0 aliphatic rings. The molecule has 2 aromatic carbocycles. The maximum Gasteiger partial charge on any atom is 0.250 e. The van der Waals surface area contributed by atoms with E-state index in [0.717, 1.165) is 0 Å². The van der Waals surface area contributed by atoms with Crippen molar-refractivity contribution in [2.24, 2.45) is 5.73 Å². The molecule has 24 heavy (non-hydrogen) atoms. The predicted molar refractivity (Wildman–Crippen MR) is 92.2 cm³/mol. The Morgan fingerprint density at radius 1 is 1.08 bits per heavy atom. The maximum absolute atomic E-state index is 12.1. The summed E-state index contributed by atoms with van der Waals surface area (Å²) in [5.41, 5.74) is 6.58. The molecule has 0 unspecified atom stereocenters. The van der Waals surface area contributed by atoms with Crippen molar-refractivity contribution < 1.29 is 19.1 Å². The molecule has 2 amide bonds. The Hall–Kier alpha value is -3.28. The third-order valence-corrected chi connectivity index (χ3v) is 3.30. The molecule has 6 nitrogen and oxygen atoms in total. The van der Waals surface area contributed by atoms with Crippen LogP contribution in [0.3, 0.4) is 0 Å². The van der Waals surface area contributed by atoms with E-state index in [1.807, 2.05) is 0 Å². The van der Waals surface area contributed by atoms with Crippen LogP contribution in [0.5, 0.6) is 11.5 Å². The van der Waals surface area contributed by atoms with Crippen LogP contribution in [-0.2, 0) is 4.79 Å². The van der Waals surface area contributed by atoms with Crippen molar-refractivity contribution in [2.75, 3.05) is 19.5 Å². The lowest BCUT2D eigenvalue weighted by Crippen LogP contribution is -2.16. The lowest BCUT2D eigenvalue weighted by atomic mass is 10.1. The highest BCUT2D eigenvalue weighted by Gasteiger charge is 2.09. The summed E-state index contributed by atoms with van der Waals surface area (Å²) in [5, 5.41) is 2.63. The number of ether oxygens (including phenoxy) is 2. The number of hydrogen-bond acceptors (Lipinski definition) is 4. The quantitative estimate of drug-likeness (QED) is 0.798. The number of hydrogen-bond donors (Lipinski definition) is 2. The van der Waals surface area contributed by atoms with Gasteiger partial charge < -0.3 is 20.5 Å². The Bertz CT molecular complexity index is 784. The van der Waals surface area contributed by atoms with Gasteiger partial charge in [0, 0.05) is 11.6 Å². The Balaban J connectivity index is 2.18. The van der Waals surface area contributed by atoms with Gasteiger partial charge in [0.15, 0.2) is 0 Å². The maximum atomic E-state index is 12.1. The van der Waals surface area contributed by atoms with E-state index in [-0.39, 0.29) is 5.56 Å². The molecule has 0 aliphatic heterocycles. The smallest absolute Gasteiger partial charge is 0.250 e. The molecule has 0 aliphatic carbocycles. The third kappa shape index (κ3) is 4.13. The third-order valence-electron chi connectivity index (χ3n) is 3.30. The first kappa shape index (κ1) is 17.1. The number of amides is 2. The van der Waals surface area contributed by atoms with Crippen LogP contribution in [-0.4, -0.2) is 26.0 Å². The van der Waals surface area contributed by atoms with Gasteiger partial charge in [-0.2, -0.15) is 0 Å². The Labute approximate surface area is 139 Å². The highest BCUT2D eigenvalue weighted by Crippen LogP contribution is 2.25. The summed E-state index contributed by atoms with van der Waals surface area (Å²) in [6.07, 6.45) is 2.94. The van der Waals surface area contributed by atoms with Crippen LogP contribution in [0.15, 0.2) is 48.5 Å². The van der Waals surface area contributed by atoms with Crippen LogP contribution in [0, 0.1) is 0 Å². The van der Waals surface area contributed by atoms with E-state index >= 15 is 0 Å². The average molecular weight is 326 g/mol. The number of para-hydroxylation sites is 1. The van der Waals surface area contributed by atoms with Crippen LogP contribution in [0.1, 0.15) is 15.9 Å². The zero-order valence-electron chi connectivity index (χ0n) is 13.4. The second-order valence-electron chi connectivity index (χ2n) is 4.84. The average Bonchev–Trinajstić information content (AvgIpc) is 2.59. The molecule has 2 rings (SSSR count). The summed E-state index contributed by atoms with van der Waals surface area (Å²) in [4.78, 5) is 23.5. The molecule has 0 saturated carbocycles. The standard InChI is InChI=1S/C18H18N2O4/c1-23-13-8-9-16(24-2)12(11-13)7-10-17(21)20-15-6-4-3-5-14(15)18(19)22/h3-11H,1-2H3,(H2,19,22)(H,20,21)/b10-7+. The Morgan fingerprint density at radius 3 is 2.50 bits per heavy atom. The second kappa shape index (κ2) is 7.82. The van der Waals surface area contributed by atoms with E-state index in [4.69, 9.17) is 15.2 Å². The minimum atomic E-state index is -0.607. The van der Waals surface area contributed by atoms with Gasteiger partial charge in [0.05, 0.1) is 25.5 Å². The summed E-state index contributed by atoms with van der Waals surface area (Å²) in [6.45, 7) is 0. The first-order valence-corrected chi connectivity index (χ1v) is 7.15. The van der Waals surface area contributed by atoms with Gasteiger partial charge in [-0.3, -0.25) is 9.59 Å². The number of rotatable bonds is 6. The molecule has 0 fully saturated rings. The molecule has 0 radical (unpaired) electrons. The molecule has 0 aromatic heterocycles. The van der Waals surface area contributed by atoms with Crippen LogP contribution in [0.2, 0.25) is 0 Å². The van der Waals surface area contributed by atoms with Crippen molar-refractivity contribution in [2.45, 2.75) is 0 Å². The topological polar surface area (TPSA) is 90.7 Å². The fraction of sp³-hybridized carbons (Fsp3) is 0.111. The van der Waals surface area contributed by atoms with Crippen molar-refractivity contribution in [3.8, 4) is 11.5 Å². The number of benzene rings is 2. The molecule has 0 atom stereocenters. The number of primary amides is 1. The zero-order valence-corrected chi connectivity index (χ0v) is 13.4. The normalized spacial score (nSPS) is 10.4. The van der Waals surface area contributed by atoms with Crippen molar-refractivity contribution in [1.29, 1.82) is 0 Å². The highest BCUT2D eigenvalue weighted by atomic mass is 16.5. The van der Waals surface area contributed by atoms with Crippen molar-refractivity contribution >= 4 is 23.6 Å². The molecule has 0 heterocycles. The molecular weight excluding hydrogens is 308 g/mol. The van der Waals surface area contributed by atoms with Gasteiger partial charge >= 0.3 is 0 Å². The van der Waals surface area contributed by atoms with Crippen LogP contribution >= 0.6 is 0 Å². The van der Waals surface area contributed by atoms with Crippen LogP contribution in [0.4, 0.5) is 5.69 Å². The summed E-state index contributed by atoms with van der Waals surface area (Å²) in [5.74, 6) is 0.255. The van der Waals surface area contributed by atoms with Crippen molar-refractivity contribution in [3.05, 3.63) is 59.7 Å². The number of carbonyl (C=O) groups excluding carboxylic acids is 2. The second-order valence-corrected chi connectivity index (χ2v) is 4.84. The number of nitrogens with two attached hydrogens (primary N) is 1. The van der Waals surface area contributed by atoms with Gasteiger partial charge in [-0.1, -0.05) is 12.1 Å². The number of carbonyl (C=O) groups is 2. The summed E-state index contributed by atoms with van der Waals surface area (Å²) in [6, 6.07) is 11.8. The summed E-state index contributed by atoms with van der Waals surface area (Å²) >= 11 is 0. The molecule has 3 N–H and O–H groups in total. The molecule has 0 saturated heterocycles. The molecule has 0 bridgehead atoms. The van der Waals surface area contributed by atoms with E-state index in [0.29, 0.717) is 22.7 Å². The van der Waals surface area contributed by atoms with E-state index in [2.05, 4.69) is 5.32 Å². The van der Waals surface area contributed by atoms with Crippen molar-refractivity contribution in [1.82, 2.24) is 0 Å². The van der Waals surface area contributed by atoms with Gasteiger partial charge in [-0.25, -0.2) is 0 Å². The monoisotopic (exact) mass is 326 g/mol. The molecule has 0 spiro atoms. The Morgan fingerprint density at radius 2 is 1.83 bits per heavy atom. The number of nitrogens with one attached hydrogen (secondary N) is 1. The highest BCUT2D eigenvalue weighted by molar-refractivity contribution is 6.07. The minimum Gasteiger partial charge on any atom is -0.497 e. The first-order valence-electron chi connectivity index (χ1n) is 7.15. The SMILES string of the molecule is COc1ccc(OC)c(/C=C/C(=O)Nc2ccccc2C(N)=O)c1. The van der Waals surface area contributed by atoms with Crippen LogP contribution in [0.25, 0.3) is 6.08 Å². The molecule has 124 valence electrons. The van der Waals surface area contributed by atoms with E-state index in [9.17, 15) is 9.59 Å². The zero-order chi connectivity index (χ0) is 17.5. The molecular formula is C18H18N2O4. The van der Waals surface area contributed by atoms with E-state index < -0.39 is 11.8 Å². The lowest BCUT2D eigenvalue weighted by molar-refractivity contribution is -0.111. The lowest BCUT2D eigenvalue weighted by Gasteiger charge is -2.08. The summed E-state index contributed by atoms with van der Waals surface area (Å²) in [7, 11) is 3.10. The van der Waals surface area contributed by atoms with E-state index in [1.165, 1.54) is 6.08 Å². The first-order chi connectivity index (χ1) is 11.5. The van der Waals surface area contributed by atoms with Gasteiger partial charge in [0.25, 0.3) is 5.91 Å². The predicted octanol–water partition coefficient (Wildman–Crippen LogP) is 2.45. The summed E-state index contributed by atoms with van der Waals surface area (Å²) < 4.78 is 10.4. The Kier molecular flexibility index (Phi) is 5.57. The van der Waals surface area contributed by atoms with Gasteiger partial charge in [0.2, 0.25) is 5.91 Å². The molecule has 2 aromatic rings. The van der Waals surface area contributed by atoms with Gasteiger partial charge in [-0.15, -0.1) is 0 Å². The number of anilines is 1. The number of methoxy groups -OCH3 is 2. The van der Waals surface area contributed by atoms with Crippen LogP contribution < -0.4 is 20.5 Å². The minimum absolute atomic E-state index is 0.248. The van der Waals surface area contributed by atoms with Gasteiger partial charge in [0.1, 0.15) is 11.5 Å². The van der Waals surface area contributed by atoms with E-state index in [1.54, 1.807) is 62.8 Å². The molecule has 6 heteroatoms. The fourth-order valence-electron chi connectivity index (χ4n) is 2.12. The fourth-order valence-corrected chi connectivity index (χ4v) is 2.12. The largest absolute Gasteiger partial charge is 0.497 e.